The summed E-state index contributed by atoms with van der Waals surface area (Å²) in [5.74, 6) is 2.00. The van der Waals surface area contributed by atoms with Gasteiger partial charge in [-0.3, -0.25) is 0 Å². The quantitative estimate of drug-likeness (QED) is 0.243. The summed E-state index contributed by atoms with van der Waals surface area (Å²) in [7, 11) is 1.65. The summed E-state index contributed by atoms with van der Waals surface area (Å²) in [5, 5.41) is 3.07. The molecule has 0 saturated carbocycles. The number of benzene rings is 2. The van der Waals surface area contributed by atoms with Crippen LogP contribution in [-0.2, 0) is 11.3 Å². The van der Waals surface area contributed by atoms with Gasteiger partial charge in [-0.2, -0.15) is 0 Å². The molecule has 0 aliphatic heterocycles. The first-order valence-corrected chi connectivity index (χ1v) is 8.61. The van der Waals surface area contributed by atoms with Crippen LogP contribution in [0.15, 0.2) is 53.5 Å². The number of nitrogens with two attached hydrogens (primary N) is 1. The number of guanidine groups is 1. The maximum atomic E-state index is 5.95. The van der Waals surface area contributed by atoms with Gasteiger partial charge < -0.3 is 25.3 Å². The van der Waals surface area contributed by atoms with E-state index in [0.717, 1.165) is 22.7 Å². The number of methoxy groups -OCH3 is 1. The predicted octanol–water partition coefficient (Wildman–Crippen LogP) is 4.04. The van der Waals surface area contributed by atoms with Crippen molar-refractivity contribution in [2.24, 2.45) is 10.7 Å². The van der Waals surface area contributed by atoms with Crippen molar-refractivity contribution in [3.63, 3.8) is 0 Å². The number of rotatable bonds is 9. The van der Waals surface area contributed by atoms with Gasteiger partial charge in [-0.05, 0) is 55.8 Å². The molecule has 2 rings (SSSR count). The summed E-state index contributed by atoms with van der Waals surface area (Å²) in [6.45, 7) is 5.58. The number of aliphatic imine (C=N–C) groups is 1. The Balaban J connectivity index is 0.00000364. The molecule has 2 aromatic carbocycles. The molecule has 148 valence electrons. The van der Waals surface area contributed by atoms with Crippen LogP contribution in [0.4, 0.5) is 5.69 Å². The third-order valence-corrected chi connectivity index (χ3v) is 3.41. The molecule has 0 aliphatic rings. The normalized spacial score (nSPS) is 11.0. The average molecular weight is 485 g/mol. The molecule has 0 amide bonds. The molecule has 0 fully saturated rings. The lowest BCUT2D eigenvalue weighted by molar-refractivity contribution is 0.146. The molecule has 0 bridgehead atoms. The lowest BCUT2D eigenvalue weighted by Gasteiger charge is -2.11. The first kappa shape index (κ1) is 23.0. The Morgan fingerprint density at radius 1 is 1.00 bits per heavy atom. The van der Waals surface area contributed by atoms with E-state index < -0.39 is 0 Å². The summed E-state index contributed by atoms with van der Waals surface area (Å²) in [6, 6.07) is 15.4. The van der Waals surface area contributed by atoms with Crippen LogP contribution in [0.25, 0.3) is 0 Å². The molecule has 2 aromatic rings. The number of halogens is 1. The van der Waals surface area contributed by atoms with Crippen molar-refractivity contribution >= 4 is 35.6 Å². The Hall–Kier alpha value is -2.00. The molecule has 0 unspecified atom stereocenters. The first-order chi connectivity index (χ1) is 12.6. The van der Waals surface area contributed by atoms with E-state index in [9.17, 15) is 0 Å². The van der Waals surface area contributed by atoms with Gasteiger partial charge in [-0.1, -0.05) is 12.1 Å². The molecule has 0 saturated heterocycles. The lowest BCUT2D eigenvalue weighted by Crippen LogP contribution is -2.22. The van der Waals surface area contributed by atoms with Gasteiger partial charge >= 0.3 is 0 Å². The van der Waals surface area contributed by atoms with E-state index in [1.165, 1.54) is 0 Å². The molecular weight excluding hydrogens is 457 g/mol. The minimum Gasteiger partial charge on any atom is -0.491 e. The standard InChI is InChI=1S/C20H27N3O3.HI/c1-15(2)26-19-10-6-17(7-11-19)23-20(21)22-14-16-4-8-18(9-5-16)25-13-12-24-3;/h4-11,15H,12-14H2,1-3H3,(H3,21,22,23);1H. The van der Waals surface area contributed by atoms with Crippen molar-refractivity contribution in [3.8, 4) is 11.5 Å². The second-order valence-corrected chi connectivity index (χ2v) is 6.00. The summed E-state index contributed by atoms with van der Waals surface area (Å²) in [4.78, 5) is 4.36. The Labute approximate surface area is 178 Å². The van der Waals surface area contributed by atoms with Crippen molar-refractivity contribution in [1.82, 2.24) is 0 Å². The molecule has 0 atom stereocenters. The molecule has 0 spiro atoms. The summed E-state index contributed by atoms with van der Waals surface area (Å²) in [5.41, 5.74) is 7.87. The van der Waals surface area contributed by atoms with Crippen LogP contribution in [0.5, 0.6) is 11.5 Å². The van der Waals surface area contributed by atoms with Crippen LogP contribution in [0.2, 0.25) is 0 Å². The number of hydrogen-bond acceptors (Lipinski definition) is 4. The Kier molecular flexibility index (Phi) is 10.6. The fourth-order valence-electron chi connectivity index (χ4n) is 2.19. The van der Waals surface area contributed by atoms with Crippen molar-refractivity contribution in [2.45, 2.75) is 26.5 Å². The van der Waals surface area contributed by atoms with Gasteiger partial charge in [0.25, 0.3) is 0 Å². The molecular formula is C20H28IN3O3. The van der Waals surface area contributed by atoms with Gasteiger partial charge in [0.05, 0.1) is 19.3 Å². The number of anilines is 1. The first-order valence-electron chi connectivity index (χ1n) is 8.61. The lowest BCUT2D eigenvalue weighted by atomic mass is 10.2. The van der Waals surface area contributed by atoms with Gasteiger partial charge in [-0.25, -0.2) is 4.99 Å². The average Bonchev–Trinajstić information content (AvgIpc) is 2.62. The second-order valence-electron chi connectivity index (χ2n) is 6.00. The van der Waals surface area contributed by atoms with E-state index >= 15 is 0 Å². The van der Waals surface area contributed by atoms with Crippen LogP contribution in [0, 0.1) is 0 Å². The van der Waals surface area contributed by atoms with Crippen LogP contribution in [-0.4, -0.2) is 32.4 Å². The zero-order chi connectivity index (χ0) is 18.8. The zero-order valence-corrected chi connectivity index (χ0v) is 18.3. The topological polar surface area (TPSA) is 78.1 Å². The Bertz CT molecular complexity index is 689. The molecule has 0 aliphatic carbocycles. The van der Waals surface area contributed by atoms with Gasteiger partial charge in [0.15, 0.2) is 5.96 Å². The Morgan fingerprint density at radius 2 is 1.63 bits per heavy atom. The monoisotopic (exact) mass is 485 g/mol. The molecule has 0 heterocycles. The summed E-state index contributed by atoms with van der Waals surface area (Å²) < 4.78 is 16.1. The fourth-order valence-corrected chi connectivity index (χ4v) is 2.19. The highest BCUT2D eigenvalue weighted by atomic mass is 127. The second kappa shape index (κ2) is 12.4. The van der Waals surface area contributed by atoms with Gasteiger partial charge in [0.2, 0.25) is 0 Å². The van der Waals surface area contributed by atoms with Crippen molar-refractivity contribution in [3.05, 3.63) is 54.1 Å². The number of hydrogen-bond donors (Lipinski definition) is 2. The smallest absolute Gasteiger partial charge is 0.193 e. The van der Waals surface area contributed by atoms with E-state index in [1.54, 1.807) is 7.11 Å². The van der Waals surface area contributed by atoms with Crippen molar-refractivity contribution in [2.75, 3.05) is 25.6 Å². The molecule has 0 radical (unpaired) electrons. The molecule has 3 N–H and O–H groups in total. The fraction of sp³-hybridized carbons (Fsp3) is 0.350. The molecule has 7 heteroatoms. The predicted molar refractivity (Wildman–Crippen MR) is 120 cm³/mol. The zero-order valence-electron chi connectivity index (χ0n) is 16.0. The van der Waals surface area contributed by atoms with E-state index in [-0.39, 0.29) is 30.1 Å². The minimum absolute atomic E-state index is 0. The minimum atomic E-state index is 0. The van der Waals surface area contributed by atoms with E-state index in [0.29, 0.717) is 25.7 Å². The van der Waals surface area contributed by atoms with Crippen molar-refractivity contribution in [1.29, 1.82) is 0 Å². The highest BCUT2D eigenvalue weighted by Gasteiger charge is 2.00. The number of nitrogens with zero attached hydrogens (tertiary/aromatic N) is 1. The summed E-state index contributed by atoms with van der Waals surface area (Å²) in [6.07, 6.45) is 0.150. The largest absolute Gasteiger partial charge is 0.491 e. The van der Waals surface area contributed by atoms with Crippen LogP contribution < -0.4 is 20.5 Å². The number of ether oxygens (including phenoxy) is 3. The maximum absolute atomic E-state index is 5.95. The van der Waals surface area contributed by atoms with Gasteiger partial charge in [-0.15, -0.1) is 24.0 Å². The van der Waals surface area contributed by atoms with E-state index in [4.69, 9.17) is 19.9 Å². The maximum Gasteiger partial charge on any atom is 0.193 e. The highest BCUT2D eigenvalue weighted by molar-refractivity contribution is 14.0. The Morgan fingerprint density at radius 3 is 2.22 bits per heavy atom. The molecule has 27 heavy (non-hydrogen) atoms. The molecule has 0 aromatic heterocycles. The van der Waals surface area contributed by atoms with Crippen molar-refractivity contribution < 1.29 is 14.2 Å². The van der Waals surface area contributed by atoms with Gasteiger partial charge in [0.1, 0.15) is 18.1 Å². The highest BCUT2D eigenvalue weighted by Crippen LogP contribution is 2.17. The van der Waals surface area contributed by atoms with E-state index in [2.05, 4.69) is 10.3 Å². The number of nitrogens with one attached hydrogen (secondary N) is 1. The van der Waals surface area contributed by atoms with Gasteiger partial charge in [0, 0.05) is 12.8 Å². The van der Waals surface area contributed by atoms with Crippen LogP contribution >= 0.6 is 24.0 Å². The molecule has 6 nitrogen and oxygen atoms in total. The third-order valence-electron chi connectivity index (χ3n) is 3.41. The summed E-state index contributed by atoms with van der Waals surface area (Å²) >= 11 is 0. The van der Waals surface area contributed by atoms with E-state index in [1.807, 2.05) is 62.4 Å². The SMILES string of the molecule is COCCOc1ccc(CN=C(N)Nc2ccc(OC(C)C)cc2)cc1.I. The third kappa shape index (κ3) is 8.96. The van der Waals surface area contributed by atoms with Crippen LogP contribution in [0.3, 0.4) is 0 Å². The van der Waals surface area contributed by atoms with Crippen LogP contribution in [0.1, 0.15) is 19.4 Å².